The summed E-state index contributed by atoms with van der Waals surface area (Å²) in [5.41, 5.74) is 2.89. The first-order valence-electron chi connectivity index (χ1n) is 6.41. The van der Waals surface area contributed by atoms with Crippen LogP contribution < -0.4 is 0 Å². The van der Waals surface area contributed by atoms with Crippen molar-refractivity contribution in [3.8, 4) is 0 Å². The standard InChI is InChI=1S/C15H24/c1-10(2)13-8-6-12(4)14-7-5-11(3)9-15(13)14/h12-15H,1,3,5-9H2,2,4H3/t12-,13+,14+,15+/m1/s1. The van der Waals surface area contributed by atoms with Crippen molar-refractivity contribution in [3.05, 3.63) is 24.3 Å². The highest BCUT2D eigenvalue weighted by Crippen LogP contribution is 2.49. The number of fused-ring (bicyclic) bond motifs is 1. The van der Waals surface area contributed by atoms with Gasteiger partial charge in [0.2, 0.25) is 0 Å². The fourth-order valence-corrected chi connectivity index (χ4v) is 3.80. The van der Waals surface area contributed by atoms with Crippen LogP contribution in [0.3, 0.4) is 0 Å². The molecular weight excluding hydrogens is 180 g/mol. The van der Waals surface area contributed by atoms with Gasteiger partial charge >= 0.3 is 0 Å². The van der Waals surface area contributed by atoms with E-state index in [1.165, 1.54) is 43.3 Å². The first-order valence-corrected chi connectivity index (χ1v) is 6.41. The lowest BCUT2D eigenvalue weighted by Crippen LogP contribution is -2.36. The van der Waals surface area contributed by atoms with E-state index in [1.807, 2.05) is 0 Å². The van der Waals surface area contributed by atoms with Gasteiger partial charge in [0.1, 0.15) is 0 Å². The summed E-state index contributed by atoms with van der Waals surface area (Å²) in [5, 5.41) is 0. The van der Waals surface area contributed by atoms with E-state index < -0.39 is 0 Å². The molecule has 0 unspecified atom stereocenters. The molecule has 0 aromatic rings. The summed E-state index contributed by atoms with van der Waals surface area (Å²) in [4.78, 5) is 0. The van der Waals surface area contributed by atoms with E-state index in [0.717, 1.165) is 23.7 Å². The zero-order valence-electron chi connectivity index (χ0n) is 10.3. The van der Waals surface area contributed by atoms with Crippen molar-refractivity contribution in [2.75, 3.05) is 0 Å². The summed E-state index contributed by atoms with van der Waals surface area (Å²) in [6, 6.07) is 0. The van der Waals surface area contributed by atoms with Crippen molar-refractivity contribution >= 4 is 0 Å². The lowest BCUT2D eigenvalue weighted by molar-refractivity contribution is 0.0935. The maximum absolute atomic E-state index is 4.19. The van der Waals surface area contributed by atoms with Gasteiger partial charge in [-0.2, -0.15) is 0 Å². The molecule has 0 aromatic heterocycles. The van der Waals surface area contributed by atoms with Crippen LogP contribution in [0.4, 0.5) is 0 Å². The third kappa shape index (κ3) is 2.04. The van der Waals surface area contributed by atoms with Gasteiger partial charge in [0.05, 0.1) is 0 Å². The van der Waals surface area contributed by atoms with Crippen LogP contribution in [0.15, 0.2) is 24.3 Å². The van der Waals surface area contributed by atoms with E-state index in [4.69, 9.17) is 0 Å². The molecule has 2 aliphatic rings. The Labute approximate surface area is 94.5 Å². The van der Waals surface area contributed by atoms with Gasteiger partial charge in [-0.05, 0) is 62.7 Å². The largest absolute Gasteiger partial charge is 0.0999 e. The van der Waals surface area contributed by atoms with Gasteiger partial charge in [-0.15, -0.1) is 0 Å². The van der Waals surface area contributed by atoms with Crippen molar-refractivity contribution in [2.24, 2.45) is 23.7 Å². The molecule has 0 spiro atoms. The zero-order chi connectivity index (χ0) is 11.0. The minimum Gasteiger partial charge on any atom is -0.0999 e. The fraction of sp³-hybridized carbons (Fsp3) is 0.733. The number of allylic oxidation sites excluding steroid dienone is 2. The second kappa shape index (κ2) is 4.15. The highest BCUT2D eigenvalue weighted by molar-refractivity contribution is 5.11. The van der Waals surface area contributed by atoms with Crippen LogP contribution in [-0.4, -0.2) is 0 Å². The van der Waals surface area contributed by atoms with Crippen molar-refractivity contribution in [1.82, 2.24) is 0 Å². The molecule has 2 fully saturated rings. The van der Waals surface area contributed by atoms with Gasteiger partial charge in [0, 0.05) is 0 Å². The molecule has 15 heavy (non-hydrogen) atoms. The van der Waals surface area contributed by atoms with Crippen LogP contribution in [0.2, 0.25) is 0 Å². The minimum absolute atomic E-state index is 0.781. The Morgan fingerprint density at radius 1 is 1.20 bits per heavy atom. The Bertz CT molecular complexity index is 274. The lowest BCUT2D eigenvalue weighted by atomic mass is 9.59. The molecule has 0 aliphatic heterocycles. The molecular formula is C15H24. The Balaban J connectivity index is 2.17. The van der Waals surface area contributed by atoms with E-state index in [9.17, 15) is 0 Å². The Kier molecular flexibility index (Phi) is 3.04. The molecule has 2 aliphatic carbocycles. The molecule has 0 aromatic carbocycles. The molecule has 0 amide bonds. The van der Waals surface area contributed by atoms with E-state index in [2.05, 4.69) is 27.0 Å². The molecule has 0 bridgehead atoms. The van der Waals surface area contributed by atoms with Gasteiger partial charge in [-0.3, -0.25) is 0 Å². The van der Waals surface area contributed by atoms with E-state index in [0.29, 0.717) is 0 Å². The molecule has 0 radical (unpaired) electrons. The Morgan fingerprint density at radius 2 is 1.93 bits per heavy atom. The highest BCUT2D eigenvalue weighted by atomic mass is 14.4. The maximum Gasteiger partial charge on any atom is -0.0174 e. The van der Waals surface area contributed by atoms with E-state index >= 15 is 0 Å². The molecule has 4 atom stereocenters. The van der Waals surface area contributed by atoms with Gasteiger partial charge in [0.25, 0.3) is 0 Å². The average molecular weight is 204 g/mol. The number of rotatable bonds is 1. The Morgan fingerprint density at radius 3 is 2.60 bits per heavy atom. The van der Waals surface area contributed by atoms with Crippen molar-refractivity contribution in [3.63, 3.8) is 0 Å². The number of hydrogen-bond donors (Lipinski definition) is 0. The minimum atomic E-state index is 0.781. The molecule has 2 saturated carbocycles. The number of hydrogen-bond acceptors (Lipinski definition) is 0. The fourth-order valence-electron chi connectivity index (χ4n) is 3.80. The van der Waals surface area contributed by atoms with Gasteiger partial charge in [-0.25, -0.2) is 0 Å². The molecule has 0 heterocycles. The monoisotopic (exact) mass is 204 g/mol. The molecule has 0 N–H and O–H groups in total. The van der Waals surface area contributed by atoms with Crippen LogP contribution in [0.25, 0.3) is 0 Å². The van der Waals surface area contributed by atoms with Crippen LogP contribution >= 0.6 is 0 Å². The van der Waals surface area contributed by atoms with Gasteiger partial charge in [0.15, 0.2) is 0 Å². The Hall–Kier alpha value is -0.520. The normalized spacial score (nSPS) is 41.1. The zero-order valence-corrected chi connectivity index (χ0v) is 10.3. The van der Waals surface area contributed by atoms with Crippen LogP contribution in [0, 0.1) is 23.7 Å². The smallest absolute Gasteiger partial charge is 0.0174 e. The van der Waals surface area contributed by atoms with E-state index in [-0.39, 0.29) is 0 Å². The summed E-state index contributed by atoms with van der Waals surface area (Å²) in [7, 11) is 0. The van der Waals surface area contributed by atoms with E-state index in [1.54, 1.807) is 0 Å². The topological polar surface area (TPSA) is 0 Å². The third-order valence-electron chi connectivity index (χ3n) is 4.72. The molecule has 2 rings (SSSR count). The first kappa shape index (κ1) is 11.0. The quantitative estimate of drug-likeness (QED) is 0.548. The molecule has 0 heteroatoms. The molecule has 0 nitrogen and oxygen atoms in total. The van der Waals surface area contributed by atoms with Gasteiger partial charge in [-0.1, -0.05) is 31.2 Å². The van der Waals surface area contributed by atoms with Crippen LogP contribution in [0.1, 0.15) is 46.0 Å². The summed E-state index contributed by atoms with van der Waals surface area (Å²) >= 11 is 0. The lowest BCUT2D eigenvalue weighted by Gasteiger charge is -2.46. The summed E-state index contributed by atoms with van der Waals surface area (Å²) in [6.45, 7) is 13.0. The maximum atomic E-state index is 4.19. The van der Waals surface area contributed by atoms with Crippen LogP contribution in [-0.2, 0) is 0 Å². The van der Waals surface area contributed by atoms with Crippen molar-refractivity contribution < 1.29 is 0 Å². The van der Waals surface area contributed by atoms with Crippen molar-refractivity contribution in [1.29, 1.82) is 0 Å². The summed E-state index contributed by atoms with van der Waals surface area (Å²) < 4.78 is 0. The SMILES string of the molecule is C=C1CC[C@@H]2[C@@H](C1)[C@H](C(=C)C)CC[C@H]2C. The summed E-state index contributed by atoms with van der Waals surface area (Å²) in [6.07, 6.45) is 6.70. The third-order valence-corrected chi connectivity index (χ3v) is 4.72. The average Bonchev–Trinajstić information content (AvgIpc) is 2.17. The van der Waals surface area contributed by atoms with Crippen LogP contribution in [0.5, 0.6) is 0 Å². The van der Waals surface area contributed by atoms with Crippen molar-refractivity contribution in [2.45, 2.75) is 46.0 Å². The second-order valence-corrected chi connectivity index (χ2v) is 5.83. The molecule has 0 saturated heterocycles. The second-order valence-electron chi connectivity index (χ2n) is 5.83. The molecule has 84 valence electrons. The predicted octanol–water partition coefficient (Wildman–Crippen LogP) is 4.58. The first-order chi connectivity index (χ1) is 7.09. The predicted molar refractivity (Wildman–Crippen MR) is 66.7 cm³/mol. The summed E-state index contributed by atoms with van der Waals surface area (Å²) in [5.74, 6) is 3.53. The van der Waals surface area contributed by atoms with Gasteiger partial charge < -0.3 is 0 Å². The highest BCUT2D eigenvalue weighted by Gasteiger charge is 2.39.